The van der Waals surface area contributed by atoms with E-state index in [0.717, 1.165) is 6.42 Å². The lowest BCUT2D eigenvalue weighted by Gasteiger charge is -2.51. The zero-order valence-electron chi connectivity index (χ0n) is 34.9. The van der Waals surface area contributed by atoms with Crippen molar-refractivity contribution < 1.29 is 0 Å². The Morgan fingerprint density at radius 2 is 1.22 bits per heavy atom. The maximum absolute atomic E-state index is 2.71. The molecule has 0 unspecified atom stereocenters. The number of nitrogens with zero attached hydrogens (tertiary/aromatic N) is 2. The fourth-order valence-corrected chi connectivity index (χ4v) is 10.9. The molecule has 58 heavy (non-hydrogen) atoms. The van der Waals surface area contributed by atoms with E-state index in [-0.39, 0.29) is 23.1 Å². The first kappa shape index (κ1) is 35.4. The van der Waals surface area contributed by atoms with Crippen LogP contribution in [0.25, 0.3) is 33.4 Å². The van der Waals surface area contributed by atoms with Crippen LogP contribution < -0.4 is 20.6 Å². The van der Waals surface area contributed by atoms with E-state index in [1.807, 2.05) is 0 Å². The van der Waals surface area contributed by atoms with E-state index in [1.54, 1.807) is 5.56 Å². The highest BCUT2D eigenvalue weighted by Crippen LogP contribution is 2.57. The third-order valence-corrected chi connectivity index (χ3v) is 14.1. The molecule has 0 spiro atoms. The molecule has 7 aromatic carbocycles. The van der Waals surface area contributed by atoms with Crippen LogP contribution in [0.4, 0.5) is 28.4 Å². The van der Waals surface area contributed by atoms with Crippen LogP contribution in [-0.4, -0.2) is 6.85 Å². The molecular weight excluding hydrogens is 699 g/mol. The van der Waals surface area contributed by atoms with Gasteiger partial charge in [-0.3, -0.25) is 0 Å². The number of anilines is 5. The first-order valence-corrected chi connectivity index (χ1v) is 21.3. The Labute approximate surface area is 345 Å². The normalized spacial score (nSPS) is 16.5. The van der Waals surface area contributed by atoms with Gasteiger partial charge in [-0.05, 0) is 127 Å². The van der Waals surface area contributed by atoms with E-state index >= 15 is 0 Å². The number of para-hydroxylation sites is 1. The topological polar surface area (TPSA) is 6.48 Å². The highest BCUT2D eigenvalue weighted by Gasteiger charge is 2.50. The highest BCUT2D eigenvalue weighted by molar-refractivity contribution is 6.93. The van der Waals surface area contributed by atoms with Crippen LogP contribution in [0.1, 0.15) is 89.1 Å². The van der Waals surface area contributed by atoms with Crippen molar-refractivity contribution in [1.82, 2.24) is 0 Å². The molecule has 0 atom stereocenters. The van der Waals surface area contributed by atoms with Gasteiger partial charge < -0.3 is 9.71 Å². The summed E-state index contributed by atoms with van der Waals surface area (Å²) in [7, 11) is 0. The van der Waals surface area contributed by atoms with Crippen LogP contribution in [0.2, 0.25) is 0 Å². The lowest BCUT2D eigenvalue weighted by Crippen LogP contribution is -2.62. The minimum atomic E-state index is -0.184. The molecule has 11 rings (SSSR count). The van der Waals surface area contributed by atoms with Gasteiger partial charge in [0, 0.05) is 33.7 Å². The second-order valence-corrected chi connectivity index (χ2v) is 19.5. The molecule has 284 valence electrons. The van der Waals surface area contributed by atoms with Gasteiger partial charge in [-0.15, -0.1) is 0 Å². The molecule has 7 aromatic rings. The summed E-state index contributed by atoms with van der Waals surface area (Å²) in [6.45, 7) is 16.9. The summed E-state index contributed by atoms with van der Waals surface area (Å²) in [5.74, 6) is 0. The Morgan fingerprint density at radius 3 is 1.93 bits per heavy atom. The second-order valence-electron chi connectivity index (χ2n) is 19.5. The Hall–Kier alpha value is -5.80. The van der Waals surface area contributed by atoms with Gasteiger partial charge in [-0.2, -0.15) is 0 Å². The van der Waals surface area contributed by atoms with Gasteiger partial charge >= 0.3 is 6.85 Å². The van der Waals surface area contributed by atoms with Gasteiger partial charge in [-0.25, -0.2) is 0 Å². The maximum atomic E-state index is 2.71. The summed E-state index contributed by atoms with van der Waals surface area (Å²) in [4.78, 5) is 5.38. The summed E-state index contributed by atoms with van der Waals surface area (Å²) in [6.07, 6.45) is 3.61. The zero-order chi connectivity index (χ0) is 39.7. The third kappa shape index (κ3) is 5.11. The quantitative estimate of drug-likeness (QED) is 0.166. The second kappa shape index (κ2) is 12.4. The smallest absolute Gasteiger partial charge is 0.333 e. The van der Waals surface area contributed by atoms with Gasteiger partial charge in [0.1, 0.15) is 0 Å². The molecule has 3 aliphatic heterocycles. The predicted molar refractivity (Wildman–Crippen MR) is 248 cm³/mol. The van der Waals surface area contributed by atoms with Crippen molar-refractivity contribution in [2.45, 2.75) is 84.0 Å². The van der Waals surface area contributed by atoms with E-state index in [1.165, 1.54) is 108 Å². The van der Waals surface area contributed by atoms with Crippen molar-refractivity contribution >= 4 is 46.2 Å². The van der Waals surface area contributed by atoms with Gasteiger partial charge in [0.05, 0.1) is 5.69 Å². The van der Waals surface area contributed by atoms with Crippen LogP contribution in [0.15, 0.2) is 146 Å². The molecule has 4 aliphatic rings. The molecule has 0 fully saturated rings. The van der Waals surface area contributed by atoms with Crippen molar-refractivity contribution in [2.75, 3.05) is 9.71 Å². The molecule has 0 bridgehead atoms. The fraction of sp³-hybridized carbons (Fsp3) is 0.236. The van der Waals surface area contributed by atoms with E-state index in [0.29, 0.717) is 0 Å². The predicted octanol–water partition coefficient (Wildman–Crippen LogP) is 13.3. The molecule has 0 N–H and O–H groups in total. The fourth-order valence-electron chi connectivity index (χ4n) is 10.9. The molecule has 2 nitrogen and oxygen atoms in total. The third-order valence-electron chi connectivity index (χ3n) is 14.1. The van der Waals surface area contributed by atoms with Crippen molar-refractivity contribution in [2.24, 2.45) is 0 Å². The largest absolute Gasteiger partial charge is 0.376 e. The van der Waals surface area contributed by atoms with Gasteiger partial charge in [0.25, 0.3) is 0 Å². The Kier molecular flexibility index (Phi) is 7.54. The Morgan fingerprint density at radius 1 is 0.552 bits per heavy atom. The van der Waals surface area contributed by atoms with Crippen molar-refractivity contribution in [3.63, 3.8) is 0 Å². The summed E-state index contributed by atoms with van der Waals surface area (Å²) >= 11 is 0. The van der Waals surface area contributed by atoms with Gasteiger partial charge in [-0.1, -0.05) is 164 Å². The van der Waals surface area contributed by atoms with Crippen LogP contribution in [0, 0.1) is 0 Å². The number of fused-ring (bicyclic) bond motifs is 7. The molecule has 0 saturated carbocycles. The molecule has 1 aliphatic carbocycles. The SMILES string of the molecule is CC(C)(C)c1cc2c3c(c1)N1c4cc5c(cc4C(C)(C)c4cccc(c41)B3N(c1ccc(-c3ccccc3)cc1)c1cc(-c3ccccc3)ccc1-2)C(C)(C)CCC5. The van der Waals surface area contributed by atoms with E-state index in [9.17, 15) is 0 Å². The average molecular weight is 751 g/mol. The summed E-state index contributed by atoms with van der Waals surface area (Å²) in [6, 6.07) is 55.6. The number of hydrogen-bond donors (Lipinski definition) is 0. The Bertz CT molecular complexity index is 2790. The lowest BCUT2D eigenvalue weighted by molar-refractivity contribution is 0.430. The van der Waals surface area contributed by atoms with Crippen LogP contribution in [0.3, 0.4) is 0 Å². The minimum Gasteiger partial charge on any atom is -0.376 e. The molecule has 3 heteroatoms. The number of benzene rings is 7. The zero-order valence-corrected chi connectivity index (χ0v) is 34.9. The summed E-state index contributed by atoms with van der Waals surface area (Å²) in [5.41, 5.74) is 24.0. The molecular formula is C55H51BN2. The van der Waals surface area contributed by atoms with Gasteiger partial charge in [0.2, 0.25) is 0 Å². The molecule has 0 aromatic heterocycles. The van der Waals surface area contributed by atoms with E-state index in [4.69, 9.17) is 0 Å². The number of hydrogen-bond acceptors (Lipinski definition) is 2. The maximum Gasteiger partial charge on any atom is 0.333 e. The van der Waals surface area contributed by atoms with E-state index in [2.05, 4.69) is 204 Å². The monoisotopic (exact) mass is 750 g/mol. The van der Waals surface area contributed by atoms with Gasteiger partial charge in [0.15, 0.2) is 0 Å². The standard InChI is InChI=1S/C55H51BN2/c1-53(2,3)40-32-43-42-28-25-38(36-18-12-9-13-19-36)30-48(42)58(41-26-23-37(24-27-41)35-16-10-8-11-17-35)56-47-22-14-21-44-52(47)57(50(33-40)51(43)56)49-31-39-20-15-29-54(4,5)45(39)34-46(49)55(44,6)7/h8-14,16-19,21-28,30-34H,15,20,29H2,1-7H3. The Balaban J connectivity index is 1.23. The molecule has 3 heterocycles. The van der Waals surface area contributed by atoms with Crippen molar-refractivity contribution in [1.29, 1.82) is 0 Å². The average Bonchev–Trinajstić information content (AvgIpc) is 3.23. The molecule has 0 radical (unpaired) electrons. The lowest BCUT2D eigenvalue weighted by atomic mass is 9.42. The highest BCUT2D eigenvalue weighted by atomic mass is 15.2. The summed E-state index contributed by atoms with van der Waals surface area (Å²) in [5, 5.41) is 0. The van der Waals surface area contributed by atoms with Crippen LogP contribution >= 0.6 is 0 Å². The van der Waals surface area contributed by atoms with Crippen LogP contribution in [-0.2, 0) is 22.7 Å². The minimum absolute atomic E-state index is 0.0276. The number of rotatable bonds is 3. The first-order valence-electron chi connectivity index (χ1n) is 21.3. The number of aryl methyl sites for hydroxylation is 1. The van der Waals surface area contributed by atoms with Crippen LogP contribution in [0.5, 0.6) is 0 Å². The van der Waals surface area contributed by atoms with Crippen molar-refractivity contribution in [3.8, 4) is 33.4 Å². The first-order chi connectivity index (χ1) is 27.9. The van der Waals surface area contributed by atoms with Crippen molar-refractivity contribution in [3.05, 3.63) is 173 Å². The molecule has 0 saturated heterocycles. The van der Waals surface area contributed by atoms with E-state index < -0.39 is 0 Å². The summed E-state index contributed by atoms with van der Waals surface area (Å²) < 4.78 is 0. The molecule has 0 amide bonds.